The Morgan fingerprint density at radius 1 is 1.04 bits per heavy atom. The van der Waals surface area contributed by atoms with Crippen LogP contribution in [0.15, 0.2) is 36.4 Å². The molecule has 0 atom stereocenters. The average molecular weight is 370 g/mol. The number of amides is 1. The number of carbonyl (C=O) groups is 1. The van der Waals surface area contributed by atoms with Crippen molar-refractivity contribution in [1.82, 2.24) is 10.2 Å². The maximum atomic E-state index is 12.2. The van der Waals surface area contributed by atoms with Crippen LogP contribution in [0, 0.1) is 6.92 Å². The van der Waals surface area contributed by atoms with Crippen LogP contribution in [0.4, 0.5) is 4.79 Å². The first kappa shape index (κ1) is 19.0. The van der Waals surface area contributed by atoms with Gasteiger partial charge in [0.2, 0.25) is 0 Å². The average Bonchev–Trinajstić information content (AvgIpc) is 2.72. The summed E-state index contributed by atoms with van der Waals surface area (Å²) >= 11 is 0. The number of piperazine rings is 1. The van der Waals surface area contributed by atoms with Gasteiger partial charge in [-0.15, -0.1) is 0 Å². The van der Waals surface area contributed by atoms with Gasteiger partial charge in [0.15, 0.2) is 0 Å². The van der Waals surface area contributed by atoms with E-state index in [1.807, 2.05) is 31.2 Å². The first-order valence-electron chi connectivity index (χ1n) is 9.06. The lowest BCUT2D eigenvalue weighted by Crippen LogP contribution is -2.46. The summed E-state index contributed by atoms with van der Waals surface area (Å²) in [5, 5.41) is 3.22. The van der Waals surface area contributed by atoms with E-state index < -0.39 is 0 Å². The largest absolute Gasteiger partial charge is 0.496 e. The molecule has 2 aromatic carbocycles. The second-order valence-corrected chi connectivity index (χ2v) is 6.53. The molecule has 1 fully saturated rings. The maximum absolute atomic E-state index is 12.2. The van der Waals surface area contributed by atoms with Crippen molar-refractivity contribution in [2.75, 3.05) is 40.4 Å². The summed E-state index contributed by atoms with van der Waals surface area (Å²) in [6.07, 6.45) is -0.294. The fourth-order valence-electron chi connectivity index (χ4n) is 3.14. The van der Waals surface area contributed by atoms with Crippen LogP contribution in [-0.2, 0) is 11.3 Å². The van der Waals surface area contributed by atoms with Gasteiger partial charge in [-0.2, -0.15) is 0 Å². The van der Waals surface area contributed by atoms with E-state index in [0.717, 1.165) is 29.8 Å². The molecule has 144 valence electrons. The van der Waals surface area contributed by atoms with Crippen molar-refractivity contribution >= 4 is 6.09 Å². The zero-order chi connectivity index (χ0) is 19.2. The first-order chi connectivity index (χ1) is 13.1. The molecule has 0 aromatic heterocycles. The molecule has 0 unspecified atom stereocenters. The minimum atomic E-state index is -0.294. The summed E-state index contributed by atoms with van der Waals surface area (Å²) in [5.74, 6) is 1.37. The second kappa shape index (κ2) is 8.77. The van der Waals surface area contributed by atoms with Crippen molar-refractivity contribution in [3.63, 3.8) is 0 Å². The number of carbonyl (C=O) groups excluding carboxylic acids is 1. The van der Waals surface area contributed by atoms with Crippen LogP contribution in [0.5, 0.6) is 11.5 Å². The van der Waals surface area contributed by atoms with Crippen molar-refractivity contribution in [2.24, 2.45) is 0 Å². The predicted octanol–water partition coefficient (Wildman–Crippen LogP) is 3.22. The number of aryl methyl sites for hydroxylation is 1. The second-order valence-electron chi connectivity index (χ2n) is 6.53. The summed E-state index contributed by atoms with van der Waals surface area (Å²) in [7, 11) is 3.26. The molecule has 1 aliphatic heterocycles. The van der Waals surface area contributed by atoms with Crippen molar-refractivity contribution in [3.8, 4) is 22.6 Å². The van der Waals surface area contributed by atoms with Crippen LogP contribution < -0.4 is 14.8 Å². The molecule has 3 rings (SSSR count). The van der Waals surface area contributed by atoms with Gasteiger partial charge in [-0.3, -0.25) is 0 Å². The van der Waals surface area contributed by atoms with E-state index in [2.05, 4.69) is 17.4 Å². The quantitative estimate of drug-likeness (QED) is 0.876. The Morgan fingerprint density at radius 3 is 2.19 bits per heavy atom. The molecular formula is C21H26N2O4. The van der Waals surface area contributed by atoms with Crippen molar-refractivity contribution in [3.05, 3.63) is 47.5 Å². The van der Waals surface area contributed by atoms with E-state index in [0.29, 0.717) is 24.6 Å². The molecule has 27 heavy (non-hydrogen) atoms. The van der Waals surface area contributed by atoms with Gasteiger partial charge < -0.3 is 24.4 Å². The number of rotatable bonds is 5. The van der Waals surface area contributed by atoms with Gasteiger partial charge in [0.25, 0.3) is 0 Å². The molecule has 0 saturated carbocycles. The third-order valence-corrected chi connectivity index (χ3v) is 4.64. The Kier molecular flexibility index (Phi) is 6.19. The topological polar surface area (TPSA) is 60.0 Å². The van der Waals surface area contributed by atoms with E-state index in [1.54, 1.807) is 19.1 Å². The number of ether oxygens (including phenoxy) is 3. The van der Waals surface area contributed by atoms with Crippen LogP contribution in [0.3, 0.4) is 0 Å². The van der Waals surface area contributed by atoms with Crippen LogP contribution in [0.2, 0.25) is 0 Å². The molecule has 0 spiro atoms. The minimum absolute atomic E-state index is 0.170. The van der Waals surface area contributed by atoms with Gasteiger partial charge in [0.1, 0.15) is 18.1 Å². The molecule has 1 amide bonds. The Balaban J connectivity index is 1.80. The van der Waals surface area contributed by atoms with Crippen molar-refractivity contribution in [2.45, 2.75) is 13.5 Å². The van der Waals surface area contributed by atoms with Crippen LogP contribution in [0.25, 0.3) is 11.1 Å². The molecule has 1 heterocycles. The van der Waals surface area contributed by atoms with E-state index >= 15 is 0 Å². The summed E-state index contributed by atoms with van der Waals surface area (Å²) in [6.45, 7) is 5.14. The first-order valence-corrected chi connectivity index (χ1v) is 9.06. The highest BCUT2D eigenvalue weighted by molar-refractivity contribution is 5.78. The summed E-state index contributed by atoms with van der Waals surface area (Å²) in [4.78, 5) is 13.9. The van der Waals surface area contributed by atoms with Crippen LogP contribution >= 0.6 is 0 Å². The zero-order valence-electron chi connectivity index (χ0n) is 16.1. The van der Waals surface area contributed by atoms with Crippen molar-refractivity contribution in [1.29, 1.82) is 0 Å². The Hall–Kier alpha value is -2.73. The van der Waals surface area contributed by atoms with E-state index in [-0.39, 0.29) is 12.7 Å². The lowest BCUT2D eigenvalue weighted by Gasteiger charge is -2.26. The number of nitrogens with zero attached hydrogens (tertiary/aromatic N) is 1. The number of hydrogen-bond donors (Lipinski definition) is 1. The van der Waals surface area contributed by atoms with Gasteiger partial charge in [-0.1, -0.05) is 29.8 Å². The van der Waals surface area contributed by atoms with Gasteiger partial charge in [0, 0.05) is 26.2 Å². The highest BCUT2D eigenvalue weighted by Crippen LogP contribution is 2.39. The molecule has 0 aliphatic carbocycles. The number of benzene rings is 2. The van der Waals surface area contributed by atoms with E-state index in [4.69, 9.17) is 14.2 Å². The van der Waals surface area contributed by atoms with Crippen molar-refractivity contribution < 1.29 is 19.0 Å². The van der Waals surface area contributed by atoms with Crippen LogP contribution in [-0.4, -0.2) is 51.4 Å². The SMILES string of the molecule is COc1cc(COC(=O)N2CCNCC2)cc(OC)c1-c1ccc(C)cc1. The summed E-state index contributed by atoms with van der Waals surface area (Å²) in [6, 6.07) is 12.0. The normalized spacial score (nSPS) is 14.0. The fraction of sp³-hybridized carbons (Fsp3) is 0.381. The molecule has 6 nitrogen and oxygen atoms in total. The van der Waals surface area contributed by atoms with E-state index in [9.17, 15) is 4.79 Å². The third-order valence-electron chi connectivity index (χ3n) is 4.64. The number of methoxy groups -OCH3 is 2. The predicted molar refractivity (Wildman–Crippen MR) is 104 cm³/mol. The third kappa shape index (κ3) is 4.52. The highest BCUT2D eigenvalue weighted by atomic mass is 16.6. The molecule has 1 saturated heterocycles. The molecular weight excluding hydrogens is 344 g/mol. The maximum Gasteiger partial charge on any atom is 0.410 e. The highest BCUT2D eigenvalue weighted by Gasteiger charge is 2.19. The summed E-state index contributed by atoms with van der Waals surface area (Å²) < 4.78 is 16.7. The molecule has 6 heteroatoms. The fourth-order valence-corrected chi connectivity index (χ4v) is 3.14. The van der Waals surface area contributed by atoms with Gasteiger partial charge >= 0.3 is 6.09 Å². The number of nitrogens with one attached hydrogen (secondary N) is 1. The molecule has 1 aliphatic rings. The van der Waals surface area contributed by atoms with Gasteiger partial charge in [-0.05, 0) is 30.2 Å². The lowest BCUT2D eigenvalue weighted by atomic mass is 10.00. The van der Waals surface area contributed by atoms with Gasteiger partial charge in [-0.25, -0.2) is 4.79 Å². The monoisotopic (exact) mass is 370 g/mol. The zero-order valence-corrected chi connectivity index (χ0v) is 16.1. The minimum Gasteiger partial charge on any atom is -0.496 e. The molecule has 2 aromatic rings. The Morgan fingerprint density at radius 2 is 1.63 bits per heavy atom. The number of hydrogen-bond acceptors (Lipinski definition) is 5. The standard InChI is InChI=1S/C21H26N2O4/c1-15-4-6-17(7-5-15)20-18(25-2)12-16(13-19(20)26-3)14-27-21(24)23-10-8-22-9-11-23/h4-7,12-13,22H,8-11,14H2,1-3H3. The van der Waals surface area contributed by atoms with E-state index in [1.165, 1.54) is 5.56 Å². The summed E-state index contributed by atoms with van der Waals surface area (Å²) in [5.41, 5.74) is 3.91. The van der Waals surface area contributed by atoms with Crippen LogP contribution in [0.1, 0.15) is 11.1 Å². The Labute approximate surface area is 160 Å². The molecule has 1 N–H and O–H groups in total. The Bertz CT molecular complexity index is 758. The molecule has 0 radical (unpaired) electrons. The van der Waals surface area contributed by atoms with Gasteiger partial charge in [0.05, 0.1) is 19.8 Å². The smallest absolute Gasteiger partial charge is 0.410 e. The lowest BCUT2D eigenvalue weighted by molar-refractivity contribution is 0.0917. The molecule has 0 bridgehead atoms.